The molecule has 0 aromatic heterocycles. The first-order valence-corrected chi connectivity index (χ1v) is 7.05. The van der Waals surface area contributed by atoms with Gasteiger partial charge in [0.05, 0.1) is 21.7 Å². The van der Waals surface area contributed by atoms with Gasteiger partial charge in [0.15, 0.2) is 9.84 Å². The van der Waals surface area contributed by atoms with Crippen LogP contribution in [-0.4, -0.2) is 26.8 Å². The summed E-state index contributed by atoms with van der Waals surface area (Å²) in [7, 11) is -3.41. The molecule has 0 heterocycles. The van der Waals surface area contributed by atoms with Crippen LogP contribution in [0.15, 0.2) is 29.2 Å². The monoisotopic (exact) mass is 271 g/mol. The predicted octanol–water partition coefficient (Wildman–Crippen LogP) is 1.72. The van der Waals surface area contributed by atoms with E-state index in [0.29, 0.717) is 13.1 Å². The van der Waals surface area contributed by atoms with E-state index in [2.05, 4.69) is 11.2 Å². The maximum Gasteiger partial charge on any atom is 0.183 e. The maximum atomic E-state index is 12.2. The van der Waals surface area contributed by atoms with E-state index in [1.54, 1.807) is 25.1 Å². The molecule has 0 radical (unpaired) electrons. The summed E-state index contributed by atoms with van der Waals surface area (Å²) in [6.07, 6.45) is 5.08. The smallest absolute Gasteiger partial charge is 0.183 e. The van der Waals surface area contributed by atoms with E-state index in [9.17, 15) is 8.42 Å². The Morgan fingerprint density at radius 3 is 2.71 bits per heavy atom. The molecular formula is C12H14ClNO2S. The summed E-state index contributed by atoms with van der Waals surface area (Å²) in [5, 5.41) is 2.54. The fraction of sp³-hybridized carbons (Fsp3) is 0.333. The van der Waals surface area contributed by atoms with E-state index in [-0.39, 0.29) is 9.92 Å². The molecule has 1 aromatic carbocycles. The van der Waals surface area contributed by atoms with Gasteiger partial charge in [-0.3, -0.25) is 0 Å². The minimum atomic E-state index is -3.41. The Labute approximate surface area is 107 Å². The van der Waals surface area contributed by atoms with Gasteiger partial charge in [0.25, 0.3) is 0 Å². The summed E-state index contributed by atoms with van der Waals surface area (Å²) >= 11 is 5.88. The van der Waals surface area contributed by atoms with Gasteiger partial charge in [-0.1, -0.05) is 29.7 Å². The molecule has 1 atom stereocenters. The summed E-state index contributed by atoms with van der Waals surface area (Å²) in [5.74, 6) is 2.39. The minimum Gasteiger partial charge on any atom is -0.305 e. The van der Waals surface area contributed by atoms with Crippen molar-refractivity contribution in [2.45, 2.75) is 17.1 Å². The van der Waals surface area contributed by atoms with Crippen LogP contribution in [-0.2, 0) is 9.84 Å². The number of rotatable bonds is 5. The standard InChI is InChI=1S/C12H14ClNO2S/c1-3-8-14-9-10(2)17(15,16)12-7-5-4-6-11(12)13/h1,4-7,10,14H,8-9H2,2H3. The molecule has 1 unspecified atom stereocenters. The zero-order chi connectivity index (χ0) is 12.9. The Balaban J connectivity index is 2.89. The first-order valence-electron chi connectivity index (χ1n) is 5.12. The molecule has 1 aromatic rings. The summed E-state index contributed by atoms with van der Waals surface area (Å²) < 4.78 is 24.3. The molecule has 17 heavy (non-hydrogen) atoms. The SMILES string of the molecule is C#CCNCC(C)S(=O)(=O)c1ccccc1Cl. The highest BCUT2D eigenvalue weighted by molar-refractivity contribution is 7.92. The Kier molecular flexibility index (Phi) is 5.01. The van der Waals surface area contributed by atoms with Gasteiger partial charge in [-0.15, -0.1) is 6.42 Å². The van der Waals surface area contributed by atoms with E-state index >= 15 is 0 Å². The number of halogens is 1. The molecule has 0 amide bonds. The zero-order valence-electron chi connectivity index (χ0n) is 9.48. The third kappa shape index (κ3) is 3.47. The molecule has 92 valence electrons. The van der Waals surface area contributed by atoms with E-state index in [1.807, 2.05) is 0 Å². The van der Waals surface area contributed by atoms with Crippen LogP contribution in [0.2, 0.25) is 5.02 Å². The Hall–Kier alpha value is -1.02. The first-order chi connectivity index (χ1) is 8.00. The summed E-state index contributed by atoms with van der Waals surface area (Å²) in [6, 6.07) is 6.42. The maximum absolute atomic E-state index is 12.2. The van der Waals surface area contributed by atoms with Crippen molar-refractivity contribution < 1.29 is 8.42 Å². The number of nitrogens with one attached hydrogen (secondary N) is 1. The van der Waals surface area contributed by atoms with Crippen molar-refractivity contribution in [3.8, 4) is 12.3 Å². The average molecular weight is 272 g/mol. The Morgan fingerprint density at radius 1 is 1.47 bits per heavy atom. The molecule has 3 nitrogen and oxygen atoms in total. The molecule has 0 saturated heterocycles. The van der Waals surface area contributed by atoms with Gasteiger partial charge in [0.2, 0.25) is 0 Å². The van der Waals surface area contributed by atoms with Gasteiger partial charge in [0.1, 0.15) is 0 Å². The highest BCUT2D eigenvalue weighted by atomic mass is 35.5. The van der Waals surface area contributed by atoms with Gasteiger partial charge < -0.3 is 5.32 Å². The van der Waals surface area contributed by atoms with Crippen LogP contribution in [0.4, 0.5) is 0 Å². The normalized spacial score (nSPS) is 13.0. The van der Waals surface area contributed by atoms with E-state index < -0.39 is 15.1 Å². The second kappa shape index (κ2) is 6.06. The quantitative estimate of drug-likeness (QED) is 0.655. The molecule has 1 rings (SSSR count). The lowest BCUT2D eigenvalue weighted by molar-refractivity contribution is 0.576. The summed E-state index contributed by atoms with van der Waals surface area (Å²) in [5.41, 5.74) is 0. The van der Waals surface area contributed by atoms with Crippen LogP contribution in [0.3, 0.4) is 0 Å². The number of sulfone groups is 1. The van der Waals surface area contributed by atoms with Gasteiger partial charge in [-0.2, -0.15) is 0 Å². The molecular weight excluding hydrogens is 258 g/mol. The van der Waals surface area contributed by atoms with Crippen molar-refractivity contribution in [1.29, 1.82) is 0 Å². The van der Waals surface area contributed by atoms with Gasteiger partial charge >= 0.3 is 0 Å². The molecule has 0 saturated carbocycles. The highest BCUT2D eigenvalue weighted by Gasteiger charge is 2.24. The molecule has 5 heteroatoms. The van der Waals surface area contributed by atoms with Crippen molar-refractivity contribution >= 4 is 21.4 Å². The topological polar surface area (TPSA) is 46.2 Å². The Morgan fingerprint density at radius 2 is 2.12 bits per heavy atom. The largest absolute Gasteiger partial charge is 0.305 e. The van der Waals surface area contributed by atoms with Crippen molar-refractivity contribution in [1.82, 2.24) is 5.32 Å². The number of terminal acetylenes is 1. The lowest BCUT2D eigenvalue weighted by Crippen LogP contribution is -2.31. The molecule has 0 bridgehead atoms. The lowest BCUT2D eigenvalue weighted by atomic mass is 10.4. The number of benzene rings is 1. The van der Waals surface area contributed by atoms with Crippen molar-refractivity contribution in [3.05, 3.63) is 29.3 Å². The average Bonchev–Trinajstić information content (AvgIpc) is 2.29. The highest BCUT2D eigenvalue weighted by Crippen LogP contribution is 2.24. The summed E-state index contributed by atoms with van der Waals surface area (Å²) in [4.78, 5) is 0.164. The molecule has 0 fully saturated rings. The third-order valence-electron chi connectivity index (χ3n) is 2.33. The number of hydrogen-bond donors (Lipinski definition) is 1. The first kappa shape index (κ1) is 14.0. The predicted molar refractivity (Wildman–Crippen MR) is 69.8 cm³/mol. The van der Waals surface area contributed by atoms with Crippen LogP contribution >= 0.6 is 11.6 Å². The second-order valence-corrected chi connectivity index (χ2v) is 6.36. The third-order valence-corrected chi connectivity index (χ3v) is 4.97. The van der Waals surface area contributed by atoms with Crippen molar-refractivity contribution in [2.75, 3.05) is 13.1 Å². The number of hydrogen-bond acceptors (Lipinski definition) is 3. The van der Waals surface area contributed by atoms with Crippen LogP contribution in [0.5, 0.6) is 0 Å². The van der Waals surface area contributed by atoms with E-state index in [0.717, 1.165) is 0 Å². The zero-order valence-corrected chi connectivity index (χ0v) is 11.1. The summed E-state index contributed by atoms with van der Waals surface area (Å²) in [6.45, 7) is 2.28. The van der Waals surface area contributed by atoms with Gasteiger partial charge in [-0.05, 0) is 19.1 Å². The van der Waals surface area contributed by atoms with Gasteiger partial charge in [0, 0.05) is 6.54 Å². The van der Waals surface area contributed by atoms with Crippen LogP contribution < -0.4 is 5.32 Å². The molecule has 0 aliphatic carbocycles. The Bertz CT molecular complexity index is 520. The van der Waals surface area contributed by atoms with Crippen molar-refractivity contribution in [2.24, 2.45) is 0 Å². The fourth-order valence-electron chi connectivity index (χ4n) is 1.35. The van der Waals surface area contributed by atoms with E-state index in [1.165, 1.54) is 6.07 Å². The molecule has 0 aliphatic rings. The molecule has 0 aliphatic heterocycles. The lowest BCUT2D eigenvalue weighted by Gasteiger charge is -2.13. The van der Waals surface area contributed by atoms with Gasteiger partial charge in [-0.25, -0.2) is 8.42 Å². The van der Waals surface area contributed by atoms with E-state index in [4.69, 9.17) is 18.0 Å². The molecule has 0 spiro atoms. The second-order valence-electron chi connectivity index (χ2n) is 3.62. The van der Waals surface area contributed by atoms with Crippen LogP contribution in [0.25, 0.3) is 0 Å². The van der Waals surface area contributed by atoms with Crippen molar-refractivity contribution in [3.63, 3.8) is 0 Å². The molecule has 1 N–H and O–H groups in total. The van der Waals surface area contributed by atoms with Crippen LogP contribution in [0, 0.1) is 12.3 Å². The fourth-order valence-corrected chi connectivity index (χ4v) is 3.19. The van der Waals surface area contributed by atoms with Crippen LogP contribution in [0.1, 0.15) is 6.92 Å². The minimum absolute atomic E-state index is 0.164.